The molecule has 0 atom stereocenters. The van der Waals surface area contributed by atoms with Crippen molar-refractivity contribution in [1.29, 1.82) is 0 Å². The third kappa shape index (κ3) is 4.06. The molecule has 11 rings (SSSR count). The first-order valence-corrected chi connectivity index (χ1v) is 17.5. The molecule has 0 amide bonds. The predicted molar refractivity (Wildman–Crippen MR) is 215 cm³/mol. The molecule has 0 aliphatic heterocycles. The zero-order valence-corrected chi connectivity index (χ0v) is 27.7. The van der Waals surface area contributed by atoms with E-state index >= 15 is 0 Å². The summed E-state index contributed by atoms with van der Waals surface area (Å²) in [6.07, 6.45) is 0. The minimum Gasteiger partial charge on any atom is -0.309 e. The van der Waals surface area contributed by atoms with Crippen LogP contribution >= 0.6 is 0 Å². The van der Waals surface area contributed by atoms with Gasteiger partial charge in [-0.25, -0.2) is 0 Å². The normalized spacial score (nSPS) is 11.9. The maximum absolute atomic E-state index is 2.42. The van der Waals surface area contributed by atoms with Crippen LogP contribution in [-0.4, -0.2) is 13.7 Å². The van der Waals surface area contributed by atoms with Crippen LogP contribution in [0.3, 0.4) is 0 Å². The summed E-state index contributed by atoms with van der Waals surface area (Å²) in [5.41, 5.74) is 13.2. The number of rotatable bonds is 4. The number of nitrogens with zero attached hydrogens (tertiary/aromatic N) is 3. The van der Waals surface area contributed by atoms with Crippen LogP contribution in [-0.2, 0) is 0 Å². The summed E-state index contributed by atoms with van der Waals surface area (Å²) >= 11 is 0. The molecule has 0 saturated heterocycles. The minimum absolute atomic E-state index is 1.16. The Balaban J connectivity index is 1.16. The van der Waals surface area contributed by atoms with E-state index in [4.69, 9.17) is 0 Å². The maximum Gasteiger partial charge on any atom is 0.0548 e. The molecular formula is C48H31N3. The van der Waals surface area contributed by atoms with Gasteiger partial charge in [0.1, 0.15) is 0 Å². The van der Waals surface area contributed by atoms with Gasteiger partial charge in [-0.3, -0.25) is 0 Å². The van der Waals surface area contributed by atoms with Gasteiger partial charge in [-0.05, 0) is 90.0 Å². The Labute approximate surface area is 294 Å². The van der Waals surface area contributed by atoms with Crippen molar-refractivity contribution < 1.29 is 0 Å². The number of benzene rings is 8. The Bertz CT molecular complexity index is 3050. The number of para-hydroxylation sites is 5. The standard InChI is InChI=1S/C48H31N3/c1-3-13-34(14-4-1)50-43-22-12-9-19-39(43)47-45(50)29-30-46-48(47)40-31-33(25-28-44(40)51(46)35-15-5-2-6-16-35)32-23-26-36(27-24-32)49-41-20-10-7-17-37(41)38-18-8-11-21-42(38)49/h1-31H. The van der Waals surface area contributed by atoms with Crippen LogP contribution in [0.1, 0.15) is 0 Å². The molecule has 0 N–H and O–H groups in total. The van der Waals surface area contributed by atoms with E-state index in [9.17, 15) is 0 Å². The third-order valence-corrected chi connectivity index (χ3v) is 10.6. The van der Waals surface area contributed by atoms with Crippen molar-refractivity contribution in [2.24, 2.45) is 0 Å². The van der Waals surface area contributed by atoms with Gasteiger partial charge in [0.25, 0.3) is 0 Å². The summed E-state index contributed by atoms with van der Waals surface area (Å²) in [5, 5.41) is 7.62. The average Bonchev–Trinajstić information content (AvgIpc) is 3.84. The second-order valence-corrected chi connectivity index (χ2v) is 13.4. The van der Waals surface area contributed by atoms with Crippen molar-refractivity contribution in [3.8, 4) is 28.2 Å². The Hall–Kier alpha value is -6.84. The summed E-state index contributed by atoms with van der Waals surface area (Å²) in [5.74, 6) is 0. The van der Waals surface area contributed by atoms with Crippen LogP contribution in [0.4, 0.5) is 0 Å². The molecule has 0 bridgehead atoms. The lowest BCUT2D eigenvalue weighted by Gasteiger charge is -2.10. The monoisotopic (exact) mass is 649 g/mol. The van der Waals surface area contributed by atoms with Gasteiger partial charge in [-0.15, -0.1) is 0 Å². The fraction of sp³-hybridized carbons (Fsp3) is 0. The maximum atomic E-state index is 2.42. The molecule has 0 unspecified atom stereocenters. The zero-order valence-electron chi connectivity index (χ0n) is 27.7. The molecule has 0 aliphatic carbocycles. The van der Waals surface area contributed by atoms with Gasteiger partial charge in [-0.1, -0.05) is 109 Å². The molecule has 0 spiro atoms. The highest BCUT2D eigenvalue weighted by molar-refractivity contribution is 6.29. The third-order valence-electron chi connectivity index (χ3n) is 10.6. The van der Waals surface area contributed by atoms with Crippen LogP contribution < -0.4 is 0 Å². The van der Waals surface area contributed by atoms with Crippen molar-refractivity contribution in [1.82, 2.24) is 13.7 Å². The molecular weight excluding hydrogens is 619 g/mol. The predicted octanol–water partition coefficient (Wildman–Crippen LogP) is 12.6. The van der Waals surface area contributed by atoms with Crippen molar-refractivity contribution in [2.45, 2.75) is 0 Å². The van der Waals surface area contributed by atoms with Crippen molar-refractivity contribution in [3.05, 3.63) is 188 Å². The zero-order chi connectivity index (χ0) is 33.5. The van der Waals surface area contributed by atoms with E-state index in [1.807, 2.05) is 0 Å². The van der Waals surface area contributed by atoms with Crippen molar-refractivity contribution in [3.63, 3.8) is 0 Å². The summed E-state index contributed by atoms with van der Waals surface area (Å²) in [6, 6.07) is 68.3. The molecule has 3 aromatic heterocycles. The van der Waals surface area contributed by atoms with E-state index in [-0.39, 0.29) is 0 Å². The Morgan fingerprint density at radius 3 is 1.18 bits per heavy atom. The van der Waals surface area contributed by atoms with E-state index in [2.05, 4.69) is 202 Å². The highest BCUT2D eigenvalue weighted by atomic mass is 15.0. The Kier molecular flexibility index (Phi) is 5.96. The number of hydrogen-bond donors (Lipinski definition) is 0. The minimum atomic E-state index is 1.16. The molecule has 3 nitrogen and oxygen atoms in total. The molecule has 51 heavy (non-hydrogen) atoms. The molecule has 0 aliphatic rings. The SMILES string of the molecule is c1ccc(-n2c3ccccc3c3c4c5cc(-c6ccc(-n7c8ccccc8c8ccccc87)cc6)ccc5n(-c5ccccc5)c4ccc32)cc1. The van der Waals surface area contributed by atoms with Gasteiger partial charge in [0.05, 0.1) is 33.1 Å². The molecule has 0 saturated carbocycles. The van der Waals surface area contributed by atoms with Gasteiger partial charge in [0.2, 0.25) is 0 Å². The van der Waals surface area contributed by atoms with Crippen molar-refractivity contribution in [2.75, 3.05) is 0 Å². The summed E-state index contributed by atoms with van der Waals surface area (Å²) in [7, 11) is 0. The molecule has 3 heterocycles. The largest absolute Gasteiger partial charge is 0.309 e. The van der Waals surface area contributed by atoms with Gasteiger partial charge in [-0.2, -0.15) is 0 Å². The van der Waals surface area contributed by atoms with E-state index in [0.29, 0.717) is 0 Å². The summed E-state index contributed by atoms with van der Waals surface area (Å²) in [6.45, 7) is 0. The Morgan fingerprint density at radius 2 is 0.608 bits per heavy atom. The van der Waals surface area contributed by atoms with Crippen LogP contribution in [0.25, 0.3) is 93.6 Å². The average molecular weight is 650 g/mol. The van der Waals surface area contributed by atoms with Crippen LogP contribution in [0.5, 0.6) is 0 Å². The van der Waals surface area contributed by atoms with E-state index in [1.165, 1.54) is 82.2 Å². The van der Waals surface area contributed by atoms with Gasteiger partial charge >= 0.3 is 0 Å². The molecule has 8 aromatic carbocycles. The van der Waals surface area contributed by atoms with Crippen molar-refractivity contribution >= 4 is 65.4 Å². The van der Waals surface area contributed by atoms with Crippen LogP contribution in [0.2, 0.25) is 0 Å². The van der Waals surface area contributed by atoms with Gasteiger partial charge in [0.15, 0.2) is 0 Å². The molecule has 3 heteroatoms. The summed E-state index contributed by atoms with van der Waals surface area (Å²) < 4.78 is 7.21. The lowest BCUT2D eigenvalue weighted by atomic mass is 10.0. The number of aromatic nitrogens is 3. The second kappa shape index (κ2) is 10.8. The van der Waals surface area contributed by atoms with Crippen LogP contribution in [0, 0.1) is 0 Å². The van der Waals surface area contributed by atoms with E-state index in [0.717, 1.165) is 11.4 Å². The van der Waals surface area contributed by atoms with Crippen LogP contribution in [0.15, 0.2) is 188 Å². The summed E-state index contributed by atoms with van der Waals surface area (Å²) in [4.78, 5) is 0. The number of hydrogen-bond acceptors (Lipinski definition) is 0. The first-order valence-electron chi connectivity index (χ1n) is 17.5. The fourth-order valence-corrected chi connectivity index (χ4v) is 8.46. The first-order chi connectivity index (χ1) is 25.3. The van der Waals surface area contributed by atoms with E-state index < -0.39 is 0 Å². The highest BCUT2D eigenvalue weighted by Crippen LogP contribution is 2.43. The first kappa shape index (κ1) is 28.0. The van der Waals surface area contributed by atoms with E-state index in [1.54, 1.807) is 0 Å². The molecule has 0 fully saturated rings. The van der Waals surface area contributed by atoms with Gasteiger partial charge < -0.3 is 13.7 Å². The topological polar surface area (TPSA) is 14.8 Å². The second-order valence-electron chi connectivity index (χ2n) is 13.4. The molecule has 238 valence electrons. The molecule has 11 aromatic rings. The lowest BCUT2D eigenvalue weighted by Crippen LogP contribution is -1.94. The fourth-order valence-electron chi connectivity index (χ4n) is 8.46. The molecule has 0 radical (unpaired) electrons. The number of fused-ring (bicyclic) bond motifs is 10. The highest BCUT2D eigenvalue weighted by Gasteiger charge is 2.21. The quantitative estimate of drug-likeness (QED) is 0.180. The van der Waals surface area contributed by atoms with Gasteiger partial charge in [0, 0.05) is 49.4 Å². The lowest BCUT2D eigenvalue weighted by molar-refractivity contribution is 1.17. The smallest absolute Gasteiger partial charge is 0.0548 e. The Morgan fingerprint density at radius 1 is 0.235 bits per heavy atom.